The molecule has 26 heavy (non-hydrogen) atoms. The summed E-state index contributed by atoms with van der Waals surface area (Å²) in [7, 11) is 0. The maximum Gasteiger partial charge on any atom is 0.447 e. The van der Waals surface area contributed by atoms with Crippen molar-refractivity contribution in [1.29, 1.82) is 0 Å². The van der Waals surface area contributed by atoms with Crippen LogP contribution in [0.5, 0.6) is 0 Å². The zero-order valence-electron chi connectivity index (χ0n) is 12.7. The van der Waals surface area contributed by atoms with Gasteiger partial charge in [-0.05, 0) is 48.5 Å². The number of alkyl halides is 3. The fraction of sp³-hybridized carbons (Fsp3) is 0.125. The number of hydrogen-bond acceptors (Lipinski definition) is 3. The van der Waals surface area contributed by atoms with Gasteiger partial charge in [0.05, 0.1) is 5.69 Å². The van der Waals surface area contributed by atoms with Gasteiger partial charge in [0.25, 0.3) is 5.91 Å². The minimum absolute atomic E-state index is 0.0455. The molecule has 0 radical (unpaired) electrons. The van der Waals surface area contributed by atoms with Crippen LogP contribution >= 0.6 is 31.9 Å². The second kappa shape index (κ2) is 6.36. The van der Waals surface area contributed by atoms with E-state index in [2.05, 4.69) is 31.9 Å². The van der Waals surface area contributed by atoms with Crippen molar-refractivity contribution < 1.29 is 27.9 Å². The quantitative estimate of drug-likeness (QED) is 0.629. The van der Waals surface area contributed by atoms with E-state index in [-0.39, 0.29) is 16.3 Å². The Morgan fingerprint density at radius 3 is 1.69 bits per heavy atom. The molecule has 1 fully saturated rings. The second-order valence-corrected chi connectivity index (χ2v) is 7.21. The third-order valence-electron chi connectivity index (χ3n) is 3.77. The Balaban J connectivity index is 2.17. The lowest BCUT2D eigenvalue weighted by atomic mass is 10.1. The van der Waals surface area contributed by atoms with Gasteiger partial charge in [0.15, 0.2) is 0 Å². The topological polar surface area (TPSA) is 60.9 Å². The molecule has 1 unspecified atom stereocenters. The number of amides is 3. The lowest BCUT2D eigenvalue weighted by Gasteiger charge is -2.31. The lowest BCUT2D eigenvalue weighted by molar-refractivity contribution is -0.243. The molecule has 0 aromatic heterocycles. The van der Waals surface area contributed by atoms with E-state index in [1.807, 2.05) is 0 Å². The summed E-state index contributed by atoms with van der Waals surface area (Å²) in [6.45, 7) is 0. The first kappa shape index (κ1) is 18.9. The standard InChI is InChI=1S/C16H9Br2F3N2O3/c17-9-1-5-11(6-2-9)22-13(24)15(26,16(19,20)21)23(14(22)25)12-7-3-10(18)4-8-12/h1-8,26H. The molecule has 1 N–H and O–H groups in total. The molecule has 1 aliphatic rings. The summed E-state index contributed by atoms with van der Waals surface area (Å²) >= 11 is 6.30. The molecule has 0 bridgehead atoms. The maximum atomic E-state index is 13.6. The Kier molecular flexibility index (Phi) is 4.62. The average Bonchev–Trinajstić information content (AvgIpc) is 2.77. The van der Waals surface area contributed by atoms with Crippen LogP contribution in [0.15, 0.2) is 57.5 Å². The Bertz CT molecular complexity index is 872. The molecule has 0 saturated carbocycles. The summed E-state index contributed by atoms with van der Waals surface area (Å²) in [4.78, 5) is 25.5. The first-order valence-corrected chi connectivity index (χ1v) is 8.65. The molecule has 1 saturated heterocycles. The van der Waals surface area contributed by atoms with Gasteiger partial charge in [-0.15, -0.1) is 0 Å². The summed E-state index contributed by atoms with van der Waals surface area (Å²) in [5, 5.41) is 10.3. The molecule has 1 aliphatic heterocycles. The summed E-state index contributed by atoms with van der Waals surface area (Å²) in [6.07, 6.45) is -5.41. The van der Waals surface area contributed by atoms with Crippen LogP contribution in [0.4, 0.5) is 29.3 Å². The van der Waals surface area contributed by atoms with Crippen molar-refractivity contribution in [1.82, 2.24) is 0 Å². The van der Waals surface area contributed by atoms with Gasteiger partial charge in [0, 0.05) is 14.6 Å². The summed E-state index contributed by atoms with van der Waals surface area (Å²) in [5.41, 5.74) is -4.37. The minimum atomic E-state index is -5.41. The van der Waals surface area contributed by atoms with Crippen molar-refractivity contribution in [2.75, 3.05) is 9.80 Å². The van der Waals surface area contributed by atoms with Gasteiger partial charge in [-0.25, -0.2) is 14.6 Å². The zero-order chi connectivity index (χ0) is 19.3. The second-order valence-electron chi connectivity index (χ2n) is 5.38. The monoisotopic (exact) mass is 492 g/mol. The minimum Gasteiger partial charge on any atom is -0.356 e. The highest BCUT2D eigenvalue weighted by Gasteiger charge is 2.72. The Hall–Kier alpha value is -1.91. The van der Waals surface area contributed by atoms with E-state index in [9.17, 15) is 27.9 Å². The number of carbonyl (C=O) groups is 2. The van der Waals surface area contributed by atoms with Gasteiger partial charge in [-0.1, -0.05) is 31.9 Å². The fourth-order valence-electron chi connectivity index (χ4n) is 2.53. The third kappa shape index (κ3) is 2.81. The molecule has 10 heteroatoms. The van der Waals surface area contributed by atoms with E-state index in [0.29, 0.717) is 13.8 Å². The Labute approximate surface area is 162 Å². The van der Waals surface area contributed by atoms with Gasteiger partial charge in [0.1, 0.15) is 0 Å². The molecule has 5 nitrogen and oxygen atoms in total. The lowest BCUT2D eigenvalue weighted by Crippen LogP contribution is -2.60. The molecule has 0 spiro atoms. The average molecular weight is 494 g/mol. The van der Waals surface area contributed by atoms with Crippen LogP contribution in [-0.4, -0.2) is 28.9 Å². The van der Waals surface area contributed by atoms with Crippen LogP contribution < -0.4 is 9.80 Å². The molecule has 3 amide bonds. The highest BCUT2D eigenvalue weighted by Crippen LogP contribution is 2.44. The van der Waals surface area contributed by atoms with E-state index in [0.717, 1.165) is 0 Å². The number of imide groups is 1. The molecule has 2 aromatic carbocycles. The van der Waals surface area contributed by atoms with Gasteiger partial charge in [0.2, 0.25) is 0 Å². The first-order chi connectivity index (χ1) is 12.1. The smallest absolute Gasteiger partial charge is 0.356 e. The summed E-state index contributed by atoms with van der Waals surface area (Å²) in [5.74, 6) is -1.79. The number of carbonyl (C=O) groups excluding carboxylic acids is 2. The number of aliphatic hydroxyl groups is 1. The van der Waals surface area contributed by atoms with Crippen LogP contribution in [0.1, 0.15) is 0 Å². The summed E-state index contributed by atoms with van der Waals surface area (Å²) < 4.78 is 42.0. The van der Waals surface area contributed by atoms with E-state index >= 15 is 0 Å². The van der Waals surface area contributed by atoms with Crippen LogP contribution in [0.25, 0.3) is 0 Å². The molecule has 2 aromatic rings. The predicted octanol–water partition coefficient (Wildman–Crippen LogP) is 4.44. The highest BCUT2D eigenvalue weighted by molar-refractivity contribution is 9.10. The Morgan fingerprint density at radius 1 is 0.846 bits per heavy atom. The van der Waals surface area contributed by atoms with E-state index in [4.69, 9.17) is 0 Å². The van der Waals surface area contributed by atoms with Gasteiger partial charge < -0.3 is 5.11 Å². The van der Waals surface area contributed by atoms with Crippen molar-refractivity contribution in [3.63, 3.8) is 0 Å². The number of rotatable bonds is 2. The molecule has 1 atom stereocenters. The summed E-state index contributed by atoms with van der Waals surface area (Å²) in [6, 6.07) is 9.38. The largest absolute Gasteiger partial charge is 0.447 e. The molecule has 1 heterocycles. The first-order valence-electron chi connectivity index (χ1n) is 7.06. The molecule has 3 rings (SSSR count). The number of hydrogen-bond donors (Lipinski definition) is 1. The van der Waals surface area contributed by atoms with E-state index < -0.39 is 23.8 Å². The third-order valence-corrected chi connectivity index (χ3v) is 4.83. The van der Waals surface area contributed by atoms with Crippen LogP contribution in [0, 0.1) is 0 Å². The fourth-order valence-corrected chi connectivity index (χ4v) is 3.06. The SMILES string of the molecule is O=C1N(c2ccc(Br)cc2)C(=O)C(O)(C(F)(F)F)N1c1ccc(Br)cc1. The molecular weight excluding hydrogens is 485 g/mol. The van der Waals surface area contributed by atoms with Crippen LogP contribution in [0.3, 0.4) is 0 Å². The van der Waals surface area contributed by atoms with Crippen LogP contribution in [-0.2, 0) is 4.79 Å². The molecular formula is C16H9Br2F3N2O3. The molecule has 0 aliphatic carbocycles. The van der Waals surface area contributed by atoms with Crippen molar-refractivity contribution in [3.8, 4) is 0 Å². The van der Waals surface area contributed by atoms with E-state index in [1.165, 1.54) is 48.5 Å². The number of nitrogens with zero attached hydrogens (tertiary/aromatic N) is 2. The number of halogens is 5. The maximum absolute atomic E-state index is 13.6. The Morgan fingerprint density at radius 2 is 1.27 bits per heavy atom. The van der Waals surface area contributed by atoms with Crippen molar-refractivity contribution >= 4 is 55.2 Å². The number of benzene rings is 2. The zero-order valence-corrected chi connectivity index (χ0v) is 15.8. The molecule has 136 valence electrons. The normalized spacial score (nSPS) is 20.8. The number of anilines is 2. The van der Waals surface area contributed by atoms with Gasteiger partial charge >= 0.3 is 17.9 Å². The van der Waals surface area contributed by atoms with Crippen molar-refractivity contribution in [2.24, 2.45) is 0 Å². The van der Waals surface area contributed by atoms with Crippen molar-refractivity contribution in [3.05, 3.63) is 57.5 Å². The number of urea groups is 1. The predicted molar refractivity (Wildman–Crippen MR) is 94.6 cm³/mol. The van der Waals surface area contributed by atoms with Gasteiger partial charge in [-0.3, -0.25) is 4.79 Å². The van der Waals surface area contributed by atoms with Crippen LogP contribution in [0.2, 0.25) is 0 Å². The highest BCUT2D eigenvalue weighted by atomic mass is 79.9. The van der Waals surface area contributed by atoms with E-state index in [1.54, 1.807) is 0 Å². The van der Waals surface area contributed by atoms with Gasteiger partial charge in [-0.2, -0.15) is 13.2 Å². The van der Waals surface area contributed by atoms with Crippen molar-refractivity contribution in [2.45, 2.75) is 11.9 Å².